The van der Waals surface area contributed by atoms with Gasteiger partial charge in [0.2, 0.25) is 0 Å². The number of nitrogens with zero attached hydrogens (tertiary/aromatic N) is 4. The average molecular weight is 494 g/mol. The van der Waals surface area contributed by atoms with Crippen LogP contribution in [-0.2, 0) is 20.1 Å². The zero-order valence-electron chi connectivity index (χ0n) is 15.3. The standard InChI is InChI=1S/C20H15BrCl2N4O2/c1-25-17-16(26(19(21)24-17)10-12-2-6-14(22)7-3-12)18(28)27(20(25)29)11-13-4-8-15(23)9-5-13/h2-9H,10-11H2,1H3. The summed E-state index contributed by atoms with van der Waals surface area (Å²) in [5.74, 6) is 0. The fourth-order valence-corrected chi connectivity index (χ4v) is 3.90. The lowest BCUT2D eigenvalue weighted by Gasteiger charge is -2.10. The Morgan fingerprint density at radius 2 is 1.34 bits per heavy atom. The summed E-state index contributed by atoms with van der Waals surface area (Å²) < 4.78 is 4.81. The molecular formula is C20H15BrCl2N4O2. The fourth-order valence-electron chi connectivity index (χ4n) is 3.17. The lowest BCUT2D eigenvalue weighted by Crippen LogP contribution is -2.40. The lowest BCUT2D eigenvalue weighted by atomic mass is 10.2. The first-order valence-electron chi connectivity index (χ1n) is 8.69. The van der Waals surface area contributed by atoms with Gasteiger partial charge in [-0.25, -0.2) is 9.78 Å². The molecule has 4 aromatic rings. The van der Waals surface area contributed by atoms with Crippen molar-refractivity contribution >= 4 is 50.3 Å². The van der Waals surface area contributed by atoms with Gasteiger partial charge >= 0.3 is 5.69 Å². The summed E-state index contributed by atoms with van der Waals surface area (Å²) in [6, 6.07) is 14.4. The Kier molecular flexibility index (Phi) is 5.38. The van der Waals surface area contributed by atoms with Gasteiger partial charge in [0.1, 0.15) is 0 Å². The van der Waals surface area contributed by atoms with Crippen LogP contribution in [0, 0.1) is 0 Å². The van der Waals surface area contributed by atoms with Crippen LogP contribution < -0.4 is 11.2 Å². The lowest BCUT2D eigenvalue weighted by molar-refractivity contribution is 0.653. The van der Waals surface area contributed by atoms with Crippen molar-refractivity contribution in [3.05, 3.63) is 95.3 Å². The number of aryl methyl sites for hydroxylation is 1. The third-order valence-electron chi connectivity index (χ3n) is 4.69. The molecule has 0 N–H and O–H groups in total. The van der Waals surface area contributed by atoms with E-state index >= 15 is 0 Å². The van der Waals surface area contributed by atoms with Crippen molar-refractivity contribution < 1.29 is 0 Å². The quantitative estimate of drug-likeness (QED) is 0.403. The maximum Gasteiger partial charge on any atom is 0.332 e. The minimum Gasteiger partial charge on any atom is -0.308 e. The highest BCUT2D eigenvalue weighted by Crippen LogP contribution is 2.19. The highest BCUT2D eigenvalue weighted by Gasteiger charge is 2.19. The van der Waals surface area contributed by atoms with E-state index in [1.54, 1.807) is 48.0 Å². The third-order valence-corrected chi connectivity index (χ3v) is 5.80. The van der Waals surface area contributed by atoms with Gasteiger partial charge in [-0.15, -0.1) is 0 Å². The Bertz CT molecular complexity index is 1320. The first kappa shape index (κ1) is 19.9. The Balaban J connectivity index is 1.87. The largest absolute Gasteiger partial charge is 0.332 e. The van der Waals surface area contributed by atoms with E-state index < -0.39 is 11.2 Å². The van der Waals surface area contributed by atoms with E-state index in [9.17, 15) is 9.59 Å². The molecule has 29 heavy (non-hydrogen) atoms. The van der Waals surface area contributed by atoms with Crippen LogP contribution in [0.4, 0.5) is 0 Å². The minimum atomic E-state index is -0.430. The van der Waals surface area contributed by atoms with Crippen molar-refractivity contribution in [1.29, 1.82) is 0 Å². The Morgan fingerprint density at radius 3 is 1.86 bits per heavy atom. The van der Waals surface area contributed by atoms with Gasteiger partial charge in [-0.1, -0.05) is 47.5 Å². The van der Waals surface area contributed by atoms with Crippen LogP contribution in [0.15, 0.2) is 62.9 Å². The third kappa shape index (κ3) is 3.77. The smallest absolute Gasteiger partial charge is 0.308 e. The van der Waals surface area contributed by atoms with Gasteiger partial charge in [0, 0.05) is 17.1 Å². The topological polar surface area (TPSA) is 61.8 Å². The monoisotopic (exact) mass is 492 g/mol. The number of rotatable bonds is 4. The van der Waals surface area contributed by atoms with E-state index in [0.29, 0.717) is 32.5 Å². The molecule has 0 amide bonds. The summed E-state index contributed by atoms with van der Waals surface area (Å²) in [6.07, 6.45) is 0. The van der Waals surface area contributed by atoms with Gasteiger partial charge in [-0.3, -0.25) is 13.9 Å². The molecule has 9 heteroatoms. The van der Waals surface area contributed by atoms with Crippen LogP contribution in [0.5, 0.6) is 0 Å². The van der Waals surface area contributed by atoms with Gasteiger partial charge in [0.15, 0.2) is 15.9 Å². The molecule has 0 aliphatic carbocycles. The second kappa shape index (κ2) is 7.82. The van der Waals surface area contributed by atoms with E-state index in [0.717, 1.165) is 11.1 Å². The van der Waals surface area contributed by atoms with Gasteiger partial charge in [-0.2, -0.15) is 0 Å². The number of halogens is 3. The van der Waals surface area contributed by atoms with Crippen molar-refractivity contribution in [3.8, 4) is 0 Å². The number of imidazole rings is 1. The predicted molar refractivity (Wildman–Crippen MR) is 118 cm³/mol. The van der Waals surface area contributed by atoms with Crippen LogP contribution in [0.3, 0.4) is 0 Å². The molecule has 0 aliphatic rings. The average Bonchev–Trinajstić information content (AvgIpc) is 3.03. The molecule has 0 saturated heterocycles. The number of fused-ring (bicyclic) bond motifs is 1. The van der Waals surface area contributed by atoms with Crippen LogP contribution in [0.2, 0.25) is 10.0 Å². The van der Waals surface area contributed by atoms with E-state index in [1.165, 1.54) is 9.13 Å². The molecule has 0 atom stereocenters. The molecule has 0 radical (unpaired) electrons. The van der Waals surface area contributed by atoms with Crippen LogP contribution >= 0.6 is 39.1 Å². The molecule has 0 bridgehead atoms. The molecule has 148 valence electrons. The van der Waals surface area contributed by atoms with Crippen molar-refractivity contribution in [2.24, 2.45) is 7.05 Å². The predicted octanol–water partition coefficient (Wildman–Crippen LogP) is 4.06. The van der Waals surface area contributed by atoms with Crippen LogP contribution in [-0.4, -0.2) is 18.7 Å². The minimum absolute atomic E-state index is 0.141. The van der Waals surface area contributed by atoms with E-state index in [1.807, 2.05) is 12.1 Å². The molecule has 4 rings (SSSR count). The van der Waals surface area contributed by atoms with Gasteiger partial charge in [-0.05, 0) is 51.3 Å². The van der Waals surface area contributed by atoms with Gasteiger partial charge < -0.3 is 4.57 Å². The van der Waals surface area contributed by atoms with E-state index in [-0.39, 0.29) is 6.54 Å². The molecular weight excluding hydrogens is 479 g/mol. The summed E-state index contributed by atoms with van der Waals surface area (Å²) in [6.45, 7) is 0.547. The second-order valence-electron chi connectivity index (χ2n) is 6.63. The summed E-state index contributed by atoms with van der Waals surface area (Å²) >= 11 is 15.3. The summed E-state index contributed by atoms with van der Waals surface area (Å²) in [5.41, 5.74) is 1.60. The van der Waals surface area contributed by atoms with E-state index in [4.69, 9.17) is 23.2 Å². The molecule has 0 unspecified atom stereocenters. The molecule has 0 spiro atoms. The molecule has 2 heterocycles. The number of hydrogen-bond acceptors (Lipinski definition) is 3. The number of hydrogen-bond donors (Lipinski definition) is 0. The number of benzene rings is 2. The zero-order chi connectivity index (χ0) is 20.7. The van der Waals surface area contributed by atoms with E-state index in [2.05, 4.69) is 20.9 Å². The normalized spacial score (nSPS) is 11.3. The maximum atomic E-state index is 13.3. The molecule has 0 aliphatic heterocycles. The Labute approximate surface area is 184 Å². The molecule has 0 saturated carbocycles. The van der Waals surface area contributed by atoms with Crippen LogP contribution in [0.25, 0.3) is 11.2 Å². The van der Waals surface area contributed by atoms with Gasteiger partial charge in [0.25, 0.3) is 5.56 Å². The summed E-state index contributed by atoms with van der Waals surface area (Å²) in [7, 11) is 1.61. The second-order valence-corrected chi connectivity index (χ2v) is 8.21. The molecule has 6 nitrogen and oxygen atoms in total. The van der Waals surface area contributed by atoms with Crippen molar-refractivity contribution in [1.82, 2.24) is 18.7 Å². The first-order valence-corrected chi connectivity index (χ1v) is 10.2. The highest BCUT2D eigenvalue weighted by molar-refractivity contribution is 9.10. The molecule has 2 aromatic heterocycles. The van der Waals surface area contributed by atoms with Crippen molar-refractivity contribution in [2.75, 3.05) is 0 Å². The number of aromatic nitrogens is 4. The Morgan fingerprint density at radius 1 is 0.862 bits per heavy atom. The van der Waals surface area contributed by atoms with Crippen LogP contribution in [0.1, 0.15) is 11.1 Å². The Hall–Kier alpha value is -2.35. The molecule has 2 aromatic carbocycles. The highest BCUT2D eigenvalue weighted by atomic mass is 79.9. The van der Waals surface area contributed by atoms with Gasteiger partial charge in [0.05, 0.1) is 13.1 Å². The molecule has 0 fully saturated rings. The summed E-state index contributed by atoms with van der Waals surface area (Å²) in [4.78, 5) is 30.5. The fraction of sp³-hybridized carbons (Fsp3) is 0.150. The maximum absolute atomic E-state index is 13.3. The van der Waals surface area contributed by atoms with Crippen molar-refractivity contribution in [3.63, 3.8) is 0 Å². The zero-order valence-corrected chi connectivity index (χ0v) is 18.4. The SMILES string of the molecule is Cn1c(=O)n(Cc2ccc(Cl)cc2)c(=O)c2c1nc(Br)n2Cc1ccc(Cl)cc1. The summed E-state index contributed by atoms with van der Waals surface area (Å²) in [5, 5.41) is 1.23. The van der Waals surface area contributed by atoms with Crippen molar-refractivity contribution in [2.45, 2.75) is 13.1 Å². The first-order chi connectivity index (χ1) is 13.8.